The topological polar surface area (TPSA) is 13.1 Å². The highest BCUT2D eigenvalue weighted by Gasteiger charge is 2.40. The van der Waals surface area contributed by atoms with Gasteiger partial charge >= 0.3 is 0 Å². The van der Waals surface area contributed by atoms with Crippen molar-refractivity contribution >= 4 is 65.0 Å². The summed E-state index contributed by atoms with van der Waals surface area (Å²) in [6.07, 6.45) is 0. The molecule has 0 saturated heterocycles. The molecule has 10 aromatic carbocycles. The molecule has 0 aliphatic heterocycles. The Hall–Kier alpha value is -6.96. The molecule has 0 atom stereocenters. The van der Waals surface area contributed by atoms with Gasteiger partial charge in [-0.3, -0.25) is 0 Å². The van der Waals surface area contributed by atoms with Crippen LogP contribution in [-0.4, -0.2) is 0 Å². The van der Waals surface area contributed by atoms with Crippen LogP contribution in [0.2, 0.25) is 0 Å². The number of rotatable bonds is 3. The second-order valence-electron chi connectivity index (χ2n) is 15.9. The molecule has 0 bridgehead atoms. The van der Waals surface area contributed by atoms with Gasteiger partial charge in [0.25, 0.3) is 0 Å². The molecular weight excluding hydrogens is 677 g/mol. The molecule has 1 aliphatic rings. The van der Waals surface area contributed by atoms with Crippen molar-refractivity contribution in [1.82, 2.24) is 0 Å². The van der Waals surface area contributed by atoms with Crippen LogP contribution in [0.15, 0.2) is 186 Å². The predicted octanol–water partition coefficient (Wildman–Crippen LogP) is 15.5. The van der Waals surface area contributed by atoms with Gasteiger partial charge in [-0.1, -0.05) is 178 Å². The first-order valence-corrected chi connectivity index (χ1v) is 19.6. The van der Waals surface area contributed by atoms with E-state index < -0.39 is 0 Å². The molecule has 0 fully saturated rings. The fourth-order valence-electron chi connectivity index (χ4n) is 10.2. The molecule has 0 spiro atoms. The standard InChI is InChI=1S/C55H36O/c1-55(2)47-30-29-35(32-46(47)52-53(55)44-25-10-9-24-43(44)51-45-26-11-12-28-48(45)56-54(51)52)34-17-13-18-36(31-34)49-39-20-5-7-22-41(39)50(42-23-8-6-21-40(42)49)38-27-14-16-33-15-3-4-19-37(33)38/h3-32H,1-2H3. The van der Waals surface area contributed by atoms with E-state index in [1.807, 2.05) is 0 Å². The third kappa shape index (κ3) is 4.26. The van der Waals surface area contributed by atoms with Crippen molar-refractivity contribution in [3.8, 4) is 44.5 Å². The molecule has 0 saturated carbocycles. The second kappa shape index (κ2) is 11.5. The third-order valence-corrected chi connectivity index (χ3v) is 12.6. The van der Waals surface area contributed by atoms with E-state index in [-0.39, 0.29) is 5.41 Å². The van der Waals surface area contributed by atoms with Crippen LogP contribution < -0.4 is 0 Å². The van der Waals surface area contributed by atoms with Crippen molar-refractivity contribution in [2.75, 3.05) is 0 Å². The highest BCUT2D eigenvalue weighted by molar-refractivity contribution is 6.26. The zero-order valence-electron chi connectivity index (χ0n) is 31.2. The first-order valence-electron chi connectivity index (χ1n) is 19.6. The van der Waals surface area contributed by atoms with Gasteiger partial charge in [0.05, 0.1) is 0 Å². The maximum Gasteiger partial charge on any atom is 0.144 e. The fraction of sp³-hybridized carbons (Fsp3) is 0.0545. The number of hydrogen-bond donors (Lipinski definition) is 0. The van der Waals surface area contributed by atoms with E-state index in [4.69, 9.17) is 4.42 Å². The van der Waals surface area contributed by atoms with Gasteiger partial charge in [-0.05, 0) is 111 Å². The van der Waals surface area contributed by atoms with Crippen molar-refractivity contribution in [2.45, 2.75) is 19.3 Å². The molecule has 1 heterocycles. The number of fused-ring (bicyclic) bond motifs is 13. The average molecular weight is 713 g/mol. The largest absolute Gasteiger partial charge is 0.455 e. The van der Waals surface area contributed by atoms with Crippen molar-refractivity contribution < 1.29 is 4.42 Å². The molecule has 1 nitrogen and oxygen atoms in total. The first kappa shape index (κ1) is 31.4. The number of hydrogen-bond acceptors (Lipinski definition) is 1. The van der Waals surface area contributed by atoms with E-state index in [9.17, 15) is 0 Å². The van der Waals surface area contributed by atoms with E-state index >= 15 is 0 Å². The van der Waals surface area contributed by atoms with Gasteiger partial charge in [0.2, 0.25) is 0 Å². The molecule has 12 rings (SSSR count). The minimum absolute atomic E-state index is 0.193. The Bertz CT molecular complexity index is 3390. The highest BCUT2D eigenvalue weighted by atomic mass is 16.3. The molecule has 11 aromatic rings. The van der Waals surface area contributed by atoms with Gasteiger partial charge < -0.3 is 4.42 Å². The van der Waals surface area contributed by atoms with Crippen LogP contribution in [0.3, 0.4) is 0 Å². The molecule has 1 aromatic heterocycles. The molecule has 0 radical (unpaired) electrons. The van der Waals surface area contributed by atoms with Crippen LogP contribution in [0.25, 0.3) is 110 Å². The summed E-state index contributed by atoms with van der Waals surface area (Å²) in [6, 6.07) is 67.0. The van der Waals surface area contributed by atoms with Crippen molar-refractivity contribution in [1.29, 1.82) is 0 Å². The van der Waals surface area contributed by atoms with E-state index in [0.717, 1.165) is 11.2 Å². The summed E-state index contributed by atoms with van der Waals surface area (Å²) >= 11 is 0. The lowest BCUT2D eigenvalue weighted by molar-refractivity contribution is 0.658. The number of furan rings is 1. The Labute approximate surface area is 325 Å². The van der Waals surface area contributed by atoms with E-state index in [2.05, 4.69) is 196 Å². The molecule has 0 amide bonds. The quantitative estimate of drug-likeness (QED) is 0.166. The number of benzene rings is 10. The van der Waals surface area contributed by atoms with E-state index in [0.29, 0.717) is 0 Å². The number of para-hydroxylation sites is 1. The Morgan fingerprint density at radius 2 is 0.929 bits per heavy atom. The summed E-state index contributed by atoms with van der Waals surface area (Å²) < 4.78 is 6.82. The third-order valence-electron chi connectivity index (χ3n) is 12.6. The van der Waals surface area contributed by atoms with Crippen LogP contribution in [0.4, 0.5) is 0 Å². The molecule has 0 N–H and O–H groups in total. The maximum absolute atomic E-state index is 6.82. The Balaban J connectivity index is 1.09. The maximum atomic E-state index is 6.82. The van der Waals surface area contributed by atoms with Crippen molar-refractivity contribution in [3.63, 3.8) is 0 Å². The van der Waals surface area contributed by atoms with E-state index in [1.54, 1.807) is 0 Å². The van der Waals surface area contributed by atoms with Gasteiger partial charge in [-0.25, -0.2) is 0 Å². The minimum atomic E-state index is -0.193. The van der Waals surface area contributed by atoms with Gasteiger partial charge in [-0.15, -0.1) is 0 Å². The minimum Gasteiger partial charge on any atom is -0.455 e. The Kier molecular flexibility index (Phi) is 6.46. The average Bonchev–Trinajstić information content (AvgIpc) is 3.75. The normalized spacial score (nSPS) is 13.3. The predicted molar refractivity (Wildman–Crippen MR) is 238 cm³/mol. The zero-order valence-corrected chi connectivity index (χ0v) is 31.2. The smallest absolute Gasteiger partial charge is 0.144 e. The van der Waals surface area contributed by atoms with Crippen molar-refractivity contribution in [2.24, 2.45) is 0 Å². The summed E-state index contributed by atoms with van der Waals surface area (Å²) in [6.45, 7) is 4.74. The molecule has 1 aliphatic carbocycles. The lowest BCUT2D eigenvalue weighted by Gasteiger charge is -2.23. The Morgan fingerprint density at radius 1 is 0.375 bits per heavy atom. The zero-order chi connectivity index (χ0) is 37.1. The van der Waals surface area contributed by atoms with E-state index in [1.165, 1.54) is 109 Å². The van der Waals surface area contributed by atoms with Crippen LogP contribution in [-0.2, 0) is 5.41 Å². The monoisotopic (exact) mass is 712 g/mol. The molecule has 1 heteroatoms. The molecule has 56 heavy (non-hydrogen) atoms. The Morgan fingerprint density at radius 3 is 1.68 bits per heavy atom. The van der Waals surface area contributed by atoms with Crippen molar-refractivity contribution in [3.05, 3.63) is 193 Å². The molecular formula is C55H36O. The summed E-state index contributed by atoms with van der Waals surface area (Å²) in [4.78, 5) is 0. The van der Waals surface area contributed by atoms with Gasteiger partial charge in [0.1, 0.15) is 11.2 Å². The van der Waals surface area contributed by atoms with Crippen LogP contribution >= 0.6 is 0 Å². The van der Waals surface area contributed by atoms with Gasteiger partial charge in [0, 0.05) is 21.8 Å². The van der Waals surface area contributed by atoms with Crippen LogP contribution in [0, 0.1) is 0 Å². The highest BCUT2D eigenvalue weighted by Crippen LogP contribution is 2.56. The van der Waals surface area contributed by atoms with Gasteiger partial charge in [0.15, 0.2) is 0 Å². The van der Waals surface area contributed by atoms with Crippen LogP contribution in [0.1, 0.15) is 25.0 Å². The van der Waals surface area contributed by atoms with Crippen LogP contribution in [0.5, 0.6) is 0 Å². The second-order valence-corrected chi connectivity index (χ2v) is 15.9. The lowest BCUT2D eigenvalue weighted by Crippen LogP contribution is -2.15. The molecule has 262 valence electrons. The summed E-state index contributed by atoms with van der Waals surface area (Å²) in [5.41, 5.74) is 14.4. The fourth-order valence-corrected chi connectivity index (χ4v) is 10.2. The summed E-state index contributed by atoms with van der Waals surface area (Å²) in [7, 11) is 0. The first-order chi connectivity index (χ1) is 27.6. The SMILES string of the molecule is CC1(C)c2ccc(-c3cccc(-c4c5ccccc5c(-c5cccc6ccccc56)c5ccccc45)c3)cc2-c2c1c1ccccc1c1c2oc2ccccc21. The summed E-state index contributed by atoms with van der Waals surface area (Å²) in [5.74, 6) is 0. The summed E-state index contributed by atoms with van der Waals surface area (Å²) in [5, 5.41) is 12.5. The molecule has 0 unspecified atom stereocenters. The lowest BCUT2D eigenvalue weighted by atomic mass is 9.79. The van der Waals surface area contributed by atoms with Gasteiger partial charge in [-0.2, -0.15) is 0 Å².